The maximum Gasteiger partial charge on any atom is 0.316 e. The van der Waals surface area contributed by atoms with Crippen molar-refractivity contribution >= 4 is 23.5 Å². The van der Waals surface area contributed by atoms with E-state index in [4.69, 9.17) is 10.5 Å². The van der Waals surface area contributed by atoms with E-state index in [0.29, 0.717) is 22.1 Å². The second-order valence-electron chi connectivity index (χ2n) is 6.02. The van der Waals surface area contributed by atoms with Crippen LogP contribution in [0.4, 0.5) is 5.82 Å². The lowest BCUT2D eigenvalue weighted by atomic mass is 9.94. The van der Waals surface area contributed by atoms with E-state index < -0.39 is 5.97 Å². The Kier molecular flexibility index (Phi) is 6.81. The lowest BCUT2D eigenvalue weighted by molar-refractivity contribution is -0.139. The molecule has 2 rings (SSSR count). The van der Waals surface area contributed by atoms with Gasteiger partial charge in [0.25, 0.3) is 0 Å². The van der Waals surface area contributed by atoms with Gasteiger partial charge in [0, 0.05) is 5.56 Å². The maximum atomic E-state index is 11.6. The summed E-state index contributed by atoms with van der Waals surface area (Å²) in [7, 11) is 0. The van der Waals surface area contributed by atoms with Gasteiger partial charge in [0.2, 0.25) is 0 Å². The van der Waals surface area contributed by atoms with E-state index in [9.17, 15) is 15.3 Å². The predicted octanol–water partition coefficient (Wildman–Crippen LogP) is 3.85. The van der Waals surface area contributed by atoms with Gasteiger partial charge in [0.05, 0.1) is 17.9 Å². The molecule has 1 heterocycles. The number of anilines is 1. The van der Waals surface area contributed by atoms with Gasteiger partial charge in [0.1, 0.15) is 28.5 Å². The van der Waals surface area contributed by atoms with Crippen LogP contribution in [0.15, 0.2) is 29.3 Å². The first kappa shape index (κ1) is 20.3. The Labute approximate surface area is 163 Å². The highest BCUT2D eigenvalue weighted by Gasteiger charge is 2.21. The molecule has 0 saturated carbocycles. The van der Waals surface area contributed by atoms with E-state index in [2.05, 4.69) is 24.9 Å². The number of thioether (sulfide) groups is 1. The molecule has 2 aromatic rings. The Morgan fingerprint density at radius 1 is 1.22 bits per heavy atom. The van der Waals surface area contributed by atoms with Crippen molar-refractivity contribution in [3.8, 4) is 23.3 Å². The topological polar surface area (TPSA) is 113 Å². The van der Waals surface area contributed by atoms with Crippen molar-refractivity contribution in [2.45, 2.75) is 31.7 Å². The predicted molar refractivity (Wildman–Crippen MR) is 105 cm³/mol. The highest BCUT2D eigenvalue weighted by Crippen LogP contribution is 2.36. The summed E-state index contributed by atoms with van der Waals surface area (Å²) >= 11 is 1.07. The molecule has 0 aliphatic heterocycles. The molecule has 0 radical (unpaired) electrons. The number of carbonyl (C=O) groups excluding carboxylic acids is 1. The Hall–Kier alpha value is -3.03. The van der Waals surface area contributed by atoms with E-state index in [1.54, 1.807) is 6.92 Å². The Balaban J connectivity index is 2.56. The normalized spacial score (nSPS) is 10.3. The van der Waals surface area contributed by atoms with Crippen LogP contribution in [-0.2, 0) is 9.53 Å². The molecule has 1 aromatic heterocycles. The van der Waals surface area contributed by atoms with Crippen LogP contribution >= 0.6 is 11.8 Å². The summed E-state index contributed by atoms with van der Waals surface area (Å²) in [6.45, 7) is 6.18. The van der Waals surface area contributed by atoms with Crippen LogP contribution in [0.25, 0.3) is 11.1 Å². The number of aromatic nitrogens is 1. The molecule has 27 heavy (non-hydrogen) atoms. The molecule has 1 aromatic carbocycles. The Morgan fingerprint density at radius 3 is 2.37 bits per heavy atom. The number of hydrogen-bond donors (Lipinski definition) is 1. The Morgan fingerprint density at radius 2 is 1.85 bits per heavy atom. The van der Waals surface area contributed by atoms with Crippen LogP contribution in [0.3, 0.4) is 0 Å². The number of nitriles is 2. The van der Waals surface area contributed by atoms with Crippen LogP contribution < -0.4 is 5.73 Å². The third-order valence-corrected chi connectivity index (χ3v) is 4.86. The highest BCUT2D eigenvalue weighted by atomic mass is 32.2. The number of esters is 1. The van der Waals surface area contributed by atoms with Gasteiger partial charge in [0.15, 0.2) is 0 Å². The van der Waals surface area contributed by atoms with Crippen molar-refractivity contribution in [2.75, 3.05) is 18.1 Å². The summed E-state index contributed by atoms with van der Waals surface area (Å²) in [5.74, 6) is -0.0000567. The number of rotatable bonds is 6. The van der Waals surface area contributed by atoms with Gasteiger partial charge in [-0.25, -0.2) is 4.98 Å². The minimum absolute atomic E-state index is 0.00654. The summed E-state index contributed by atoms with van der Waals surface area (Å²) in [5, 5.41) is 19.6. The largest absolute Gasteiger partial charge is 0.465 e. The van der Waals surface area contributed by atoms with Crippen LogP contribution in [0.2, 0.25) is 0 Å². The van der Waals surface area contributed by atoms with Gasteiger partial charge in [-0.1, -0.05) is 49.9 Å². The average Bonchev–Trinajstić information content (AvgIpc) is 2.66. The zero-order chi connectivity index (χ0) is 20.0. The van der Waals surface area contributed by atoms with Gasteiger partial charge >= 0.3 is 5.97 Å². The molecule has 0 aliphatic rings. The van der Waals surface area contributed by atoms with Crippen LogP contribution in [-0.4, -0.2) is 23.3 Å². The molecule has 0 amide bonds. The summed E-state index contributed by atoms with van der Waals surface area (Å²) < 4.78 is 4.91. The summed E-state index contributed by atoms with van der Waals surface area (Å²) in [5.41, 5.74) is 8.64. The number of pyridine rings is 1. The summed E-state index contributed by atoms with van der Waals surface area (Å²) in [6, 6.07) is 11.8. The fraction of sp³-hybridized carbons (Fsp3) is 0.300. The number of nitrogens with two attached hydrogens (primary N) is 1. The minimum atomic E-state index is -0.404. The second-order valence-corrected chi connectivity index (χ2v) is 6.99. The number of nitrogens with zero attached hydrogens (tertiary/aromatic N) is 3. The molecule has 0 spiro atoms. The molecular weight excluding hydrogens is 360 g/mol. The van der Waals surface area contributed by atoms with Crippen molar-refractivity contribution in [3.63, 3.8) is 0 Å². The van der Waals surface area contributed by atoms with E-state index >= 15 is 0 Å². The van der Waals surface area contributed by atoms with Crippen molar-refractivity contribution in [2.24, 2.45) is 0 Å². The number of ether oxygens (including phenoxy) is 1. The first-order chi connectivity index (χ1) is 12.9. The van der Waals surface area contributed by atoms with Crippen molar-refractivity contribution < 1.29 is 9.53 Å². The van der Waals surface area contributed by atoms with Gasteiger partial charge < -0.3 is 10.5 Å². The third-order valence-electron chi connectivity index (χ3n) is 3.91. The monoisotopic (exact) mass is 380 g/mol. The number of carbonyl (C=O) groups is 1. The molecule has 7 heteroatoms. The smallest absolute Gasteiger partial charge is 0.316 e. The summed E-state index contributed by atoms with van der Waals surface area (Å²) in [6.07, 6.45) is 0. The highest BCUT2D eigenvalue weighted by molar-refractivity contribution is 7.99. The number of benzene rings is 1. The fourth-order valence-corrected chi connectivity index (χ4v) is 3.35. The second kappa shape index (κ2) is 9.07. The minimum Gasteiger partial charge on any atom is -0.465 e. The standard InChI is InChI=1S/C20H20N4O2S/c1-4-26-17(25)11-27-20-16(10-22)18(15(9-21)19(23)24-20)14-7-5-13(6-8-14)12(2)3/h5-8,12H,4,11H2,1-3H3,(H2,23,24). The van der Waals surface area contributed by atoms with E-state index in [0.717, 1.165) is 17.3 Å². The molecule has 138 valence electrons. The van der Waals surface area contributed by atoms with E-state index in [-0.39, 0.29) is 29.3 Å². The molecule has 0 atom stereocenters. The van der Waals surface area contributed by atoms with Gasteiger partial charge in [-0.3, -0.25) is 4.79 Å². The molecule has 0 fully saturated rings. The van der Waals surface area contributed by atoms with Crippen LogP contribution in [0.5, 0.6) is 0 Å². The van der Waals surface area contributed by atoms with Crippen molar-refractivity contribution in [1.82, 2.24) is 4.98 Å². The summed E-state index contributed by atoms with van der Waals surface area (Å²) in [4.78, 5) is 15.8. The quantitative estimate of drug-likeness (QED) is 0.598. The van der Waals surface area contributed by atoms with Gasteiger partial charge in [-0.15, -0.1) is 0 Å². The first-order valence-electron chi connectivity index (χ1n) is 8.45. The van der Waals surface area contributed by atoms with Gasteiger partial charge in [-0.2, -0.15) is 10.5 Å². The molecule has 0 bridgehead atoms. The van der Waals surface area contributed by atoms with Crippen molar-refractivity contribution in [1.29, 1.82) is 10.5 Å². The lowest BCUT2D eigenvalue weighted by Gasteiger charge is -2.14. The van der Waals surface area contributed by atoms with Crippen molar-refractivity contribution in [3.05, 3.63) is 41.0 Å². The fourth-order valence-electron chi connectivity index (χ4n) is 2.56. The zero-order valence-corrected chi connectivity index (χ0v) is 16.3. The van der Waals surface area contributed by atoms with Crippen LogP contribution in [0.1, 0.15) is 43.4 Å². The number of hydrogen-bond acceptors (Lipinski definition) is 7. The first-order valence-corrected chi connectivity index (χ1v) is 9.43. The van der Waals surface area contributed by atoms with E-state index in [1.807, 2.05) is 30.3 Å². The molecule has 0 saturated heterocycles. The molecule has 0 aliphatic carbocycles. The van der Waals surface area contributed by atoms with E-state index in [1.165, 1.54) is 0 Å². The zero-order valence-electron chi connectivity index (χ0n) is 15.4. The third kappa shape index (κ3) is 4.58. The average molecular weight is 380 g/mol. The van der Waals surface area contributed by atoms with Gasteiger partial charge in [-0.05, 0) is 24.0 Å². The lowest BCUT2D eigenvalue weighted by Crippen LogP contribution is -2.08. The molecule has 2 N–H and O–H groups in total. The molecule has 6 nitrogen and oxygen atoms in total. The van der Waals surface area contributed by atoms with Crippen LogP contribution in [0, 0.1) is 22.7 Å². The maximum absolute atomic E-state index is 11.6. The number of nitrogen functional groups attached to an aromatic ring is 1. The molecule has 0 unspecified atom stereocenters. The molecular formula is C20H20N4O2S. The Bertz CT molecular complexity index is 925. The SMILES string of the molecule is CCOC(=O)CSc1nc(N)c(C#N)c(-c2ccc(C(C)C)cc2)c1C#N.